The minimum absolute atomic E-state index is 0. The normalized spacial score (nSPS) is 31.8. The quantitative estimate of drug-likeness (QED) is 0.588. The summed E-state index contributed by atoms with van der Waals surface area (Å²) in [4.78, 5) is 0. The molecule has 0 amide bonds. The topological polar surface area (TPSA) is 38.0 Å². The molecule has 3 N–H and O–H groups in total. The van der Waals surface area contributed by atoms with E-state index in [-0.39, 0.29) is 24.8 Å². The van der Waals surface area contributed by atoms with Gasteiger partial charge in [-0.25, -0.2) is 0 Å². The van der Waals surface area contributed by atoms with Gasteiger partial charge in [0.05, 0.1) is 0 Å². The van der Waals surface area contributed by atoms with Crippen molar-refractivity contribution in [1.82, 2.24) is 5.32 Å². The van der Waals surface area contributed by atoms with E-state index in [2.05, 4.69) is 12.2 Å². The van der Waals surface area contributed by atoms with Crippen molar-refractivity contribution in [3.05, 3.63) is 0 Å². The van der Waals surface area contributed by atoms with E-state index in [4.69, 9.17) is 5.73 Å². The summed E-state index contributed by atoms with van der Waals surface area (Å²) in [6, 6.07) is 0.392. The van der Waals surface area contributed by atoms with Gasteiger partial charge in [-0.3, -0.25) is 0 Å². The molecule has 4 heteroatoms. The summed E-state index contributed by atoms with van der Waals surface area (Å²) >= 11 is 0. The molecule has 0 aromatic heterocycles. The lowest BCUT2D eigenvalue weighted by Gasteiger charge is -2.25. The highest BCUT2D eigenvalue weighted by Gasteiger charge is 2.15. The molecule has 1 aliphatic heterocycles. The minimum Gasteiger partial charge on any atom is -0.326 e. The van der Waals surface area contributed by atoms with Crippen LogP contribution >= 0.6 is 24.8 Å². The monoisotopic (exact) mass is 186 g/mol. The predicted molar refractivity (Wildman–Crippen MR) is 49.1 cm³/mol. The third-order valence-electron chi connectivity index (χ3n) is 1.89. The molecule has 0 spiro atoms. The van der Waals surface area contributed by atoms with Gasteiger partial charge in [-0.2, -0.15) is 0 Å². The molecular weight excluding hydrogens is 171 g/mol. The first kappa shape index (κ1) is 13.1. The molecule has 1 saturated heterocycles. The van der Waals surface area contributed by atoms with Crippen LogP contribution < -0.4 is 11.1 Å². The first-order valence-corrected chi connectivity index (χ1v) is 3.27. The van der Waals surface area contributed by atoms with E-state index in [0.717, 1.165) is 19.0 Å². The summed E-state index contributed by atoms with van der Waals surface area (Å²) in [5.41, 5.74) is 5.72. The molecule has 1 rings (SSSR count). The van der Waals surface area contributed by atoms with Crippen LogP contribution in [-0.4, -0.2) is 19.1 Å². The molecule has 0 aliphatic carbocycles. The second kappa shape index (κ2) is 6.23. The Bertz CT molecular complexity index is 70.1. The summed E-state index contributed by atoms with van der Waals surface area (Å²) in [6.07, 6.45) is 1.24. The van der Waals surface area contributed by atoms with Crippen LogP contribution in [0.25, 0.3) is 0 Å². The average Bonchev–Trinajstić information content (AvgIpc) is 1.77. The standard InChI is InChI=1S/C6H14N2.2ClH/c1-5-2-3-8-4-6(5)7;;/h5-6,8H,2-4,7H2,1H3;2*1H. The molecule has 64 valence electrons. The fourth-order valence-corrected chi connectivity index (χ4v) is 1.01. The highest BCUT2D eigenvalue weighted by molar-refractivity contribution is 5.85. The maximum Gasteiger partial charge on any atom is 0.0191 e. The molecule has 2 atom stereocenters. The van der Waals surface area contributed by atoms with Crippen molar-refractivity contribution in [3.63, 3.8) is 0 Å². The first-order chi connectivity index (χ1) is 3.80. The molecule has 0 saturated carbocycles. The highest BCUT2D eigenvalue weighted by atomic mass is 35.5. The molecule has 1 aliphatic rings. The van der Waals surface area contributed by atoms with Crippen LogP contribution in [0.4, 0.5) is 0 Å². The van der Waals surface area contributed by atoms with Crippen molar-refractivity contribution < 1.29 is 0 Å². The minimum atomic E-state index is 0. The van der Waals surface area contributed by atoms with Crippen molar-refractivity contribution >= 4 is 24.8 Å². The van der Waals surface area contributed by atoms with Crippen LogP contribution in [0.2, 0.25) is 0 Å². The molecule has 0 bridgehead atoms. The van der Waals surface area contributed by atoms with E-state index in [9.17, 15) is 0 Å². The van der Waals surface area contributed by atoms with E-state index in [1.54, 1.807) is 0 Å². The Labute approximate surface area is 74.8 Å². The van der Waals surface area contributed by atoms with Gasteiger partial charge >= 0.3 is 0 Å². The van der Waals surface area contributed by atoms with Crippen LogP contribution in [0.15, 0.2) is 0 Å². The lowest BCUT2D eigenvalue weighted by atomic mass is 9.96. The molecule has 0 radical (unpaired) electrons. The van der Waals surface area contributed by atoms with Gasteiger partial charge in [-0.15, -0.1) is 24.8 Å². The van der Waals surface area contributed by atoms with Crippen molar-refractivity contribution in [2.24, 2.45) is 11.7 Å². The van der Waals surface area contributed by atoms with E-state index in [0.29, 0.717) is 6.04 Å². The number of hydrogen-bond donors (Lipinski definition) is 2. The van der Waals surface area contributed by atoms with Gasteiger partial charge in [0.25, 0.3) is 0 Å². The molecule has 0 aromatic rings. The van der Waals surface area contributed by atoms with Crippen LogP contribution in [0.3, 0.4) is 0 Å². The highest BCUT2D eigenvalue weighted by Crippen LogP contribution is 2.07. The number of hydrogen-bond acceptors (Lipinski definition) is 2. The Morgan fingerprint density at radius 2 is 2.00 bits per heavy atom. The largest absolute Gasteiger partial charge is 0.326 e. The van der Waals surface area contributed by atoms with Gasteiger partial charge in [-0.05, 0) is 18.9 Å². The van der Waals surface area contributed by atoms with Crippen molar-refractivity contribution in [2.45, 2.75) is 19.4 Å². The zero-order valence-corrected chi connectivity index (χ0v) is 7.80. The predicted octanol–water partition coefficient (Wildman–Crippen LogP) is 0.787. The molecule has 1 heterocycles. The third-order valence-corrected chi connectivity index (χ3v) is 1.89. The smallest absolute Gasteiger partial charge is 0.0191 e. The molecule has 0 aromatic carbocycles. The molecule has 2 nitrogen and oxygen atoms in total. The summed E-state index contributed by atoms with van der Waals surface area (Å²) in [7, 11) is 0. The van der Waals surface area contributed by atoms with Crippen LogP contribution in [0.5, 0.6) is 0 Å². The maximum absolute atomic E-state index is 5.72. The number of halogens is 2. The molecule has 10 heavy (non-hydrogen) atoms. The Hall–Kier alpha value is 0.500. The third kappa shape index (κ3) is 3.62. The van der Waals surface area contributed by atoms with Gasteiger partial charge in [0, 0.05) is 12.6 Å². The summed E-state index contributed by atoms with van der Waals surface area (Å²) in [5, 5.41) is 3.24. The lowest BCUT2D eigenvalue weighted by Crippen LogP contribution is -2.44. The van der Waals surface area contributed by atoms with Gasteiger partial charge in [0.15, 0.2) is 0 Å². The van der Waals surface area contributed by atoms with Gasteiger partial charge in [-0.1, -0.05) is 6.92 Å². The van der Waals surface area contributed by atoms with Crippen LogP contribution in [0, 0.1) is 5.92 Å². The first-order valence-electron chi connectivity index (χ1n) is 3.27. The maximum atomic E-state index is 5.72. The molecule has 1 fully saturated rings. The Morgan fingerprint density at radius 3 is 2.30 bits per heavy atom. The van der Waals surface area contributed by atoms with Crippen LogP contribution in [-0.2, 0) is 0 Å². The summed E-state index contributed by atoms with van der Waals surface area (Å²) in [5.74, 6) is 0.719. The van der Waals surface area contributed by atoms with Gasteiger partial charge < -0.3 is 11.1 Å². The van der Waals surface area contributed by atoms with E-state index in [1.165, 1.54) is 6.42 Å². The number of rotatable bonds is 0. The Balaban J connectivity index is 0. The zero-order valence-electron chi connectivity index (χ0n) is 6.17. The SMILES string of the molecule is CC1CCNCC1N.Cl.Cl. The van der Waals surface area contributed by atoms with Crippen molar-refractivity contribution in [1.29, 1.82) is 0 Å². The molecule has 2 unspecified atom stereocenters. The van der Waals surface area contributed by atoms with Crippen LogP contribution in [0.1, 0.15) is 13.3 Å². The Morgan fingerprint density at radius 1 is 1.40 bits per heavy atom. The van der Waals surface area contributed by atoms with E-state index in [1.807, 2.05) is 0 Å². The zero-order chi connectivity index (χ0) is 5.98. The van der Waals surface area contributed by atoms with Gasteiger partial charge in [0.1, 0.15) is 0 Å². The summed E-state index contributed by atoms with van der Waals surface area (Å²) in [6.45, 7) is 4.36. The van der Waals surface area contributed by atoms with E-state index >= 15 is 0 Å². The molecular formula is C6H16Cl2N2. The second-order valence-corrected chi connectivity index (χ2v) is 2.63. The fourth-order valence-electron chi connectivity index (χ4n) is 1.01. The average molecular weight is 187 g/mol. The Kier molecular flexibility index (Phi) is 8.17. The second-order valence-electron chi connectivity index (χ2n) is 2.63. The number of nitrogens with two attached hydrogens (primary N) is 1. The fraction of sp³-hybridized carbons (Fsp3) is 1.00. The lowest BCUT2D eigenvalue weighted by molar-refractivity contribution is 0.348. The number of nitrogens with one attached hydrogen (secondary N) is 1. The van der Waals surface area contributed by atoms with Crippen molar-refractivity contribution in [3.8, 4) is 0 Å². The van der Waals surface area contributed by atoms with Gasteiger partial charge in [0.2, 0.25) is 0 Å². The van der Waals surface area contributed by atoms with E-state index < -0.39 is 0 Å². The van der Waals surface area contributed by atoms with Crippen molar-refractivity contribution in [2.75, 3.05) is 13.1 Å². The number of piperidine rings is 1. The summed E-state index contributed by atoms with van der Waals surface area (Å²) < 4.78 is 0.